The van der Waals surface area contributed by atoms with Gasteiger partial charge in [-0.2, -0.15) is 0 Å². The summed E-state index contributed by atoms with van der Waals surface area (Å²) in [5.41, 5.74) is 2.15. The molecule has 2 aliphatic heterocycles. The number of hydrogen-bond acceptors (Lipinski definition) is 9. The Morgan fingerprint density at radius 2 is 1.75 bits per heavy atom. The minimum Gasteiger partial charge on any atom is -0.487 e. The van der Waals surface area contributed by atoms with Gasteiger partial charge in [-0.05, 0) is 51.1 Å². The fourth-order valence-corrected chi connectivity index (χ4v) is 5.00. The summed E-state index contributed by atoms with van der Waals surface area (Å²) < 4.78 is 22.2. The van der Waals surface area contributed by atoms with Gasteiger partial charge in [0, 0.05) is 37.0 Å². The van der Waals surface area contributed by atoms with Crippen LogP contribution in [0.4, 0.5) is 26.7 Å². The average molecular weight is 609 g/mol. The van der Waals surface area contributed by atoms with Crippen molar-refractivity contribution in [2.75, 3.05) is 49.5 Å². The van der Waals surface area contributed by atoms with Crippen molar-refractivity contribution in [1.82, 2.24) is 15.0 Å². The second-order valence-electron chi connectivity index (χ2n) is 11.0. The first-order valence-corrected chi connectivity index (χ1v) is 14.2. The van der Waals surface area contributed by atoms with Crippen LogP contribution in [0.5, 0.6) is 17.2 Å². The molecule has 0 unspecified atom stereocenters. The number of aryl methyl sites for hydroxylation is 2. The fourth-order valence-electron chi connectivity index (χ4n) is 5.00. The maximum absolute atomic E-state index is 13.7. The molecule has 5 rings (SSSR count). The second-order valence-corrected chi connectivity index (χ2v) is 11.0. The van der Waals surface area contributed by atoms with Gasteiger partial charge < -0.3 is 49.6 Å². The molecule has 0 fully saturated rings. The van der Waals surface area contributed by atoms with Crippen molar-refractivity contribution < 1.29 is 38.2 Å². The number of benzene rings is 2. The molecule has 234 valence electrons. The highest BCUT2D eigenvalue weighted by Gasteiger charge is 2.34. The summed E-state index contributed by atoms with van der Waals surface area (Å²) in [4.78, 5) is 42.7. The third-order valence-corrected chi connectivity index (χ3v) is 7.62. The Labute approximate surface area is 254 Å². The molecule has 3 heterocycles. The highest BCUT2D eigenvalue weighted by Crippen LogP contribution is 2.35. The Morgan fingerprint density at radius 3 is 2.43 bits per heavy atom. The zero-order valence-corrected chi connectivity index (χ0v) is 25.2. The van der Waals surface area contributed by atoms with E-state index in [1.165, 1.54) is 11.0 Å². The standard InChI is InChI=1S/C30H36N6O8/c1-16-12-36(17(2)14-37)28(38)22-10-20(31-29(39)32-21-7-9-24-25(11-21)42-15-41-24)6-8-23(22)43-26(16)13-35(5)30(40)33-27-18(3)34-44-19(27)4/h6-11,16-17,26,37H,12-15H2,1-5H3,(H,33,40)(H2,31,32,39)/t16-,17+,26-/m0/s1. The second kappa shape index (κ2) is 12.7. The normalized spacial score (nSPS) is 18.0. The summed E-state index contributed by atoms with van der Waals surface area (Å²) in [6, 6.07) is 8.43. The summed E-state index contributed by atoms with van der Waals surface area (Å²) in [5, 5.41) is 22.1. The van der Waals surface area contributed by atoms with Crippen LogP contribution in [0.2, 0.25) is 0 Å². The predicted molar refractivity (Wildman–Crippen MR) is 160 cm³/mol. The van der Waals surface area contributed by atoms with Crippen molar-refractivity contribution in [3.05, 3.63) is 53.4 Å². The summed E-state index contributed by atoms with van der Waals surface area (Å²) in [5.74, 6) is 1.35. The van der Waals surface area contributed by atoms with E-state index < -0.39 is 18.2 Å². The largest absolute Gasteiger partial charge is 0.487 e. The van der Waals surface area contributed by atoms with Gasteiger partial charge in [0.1, 0.15) is 23.2 Å². The van der Waals surface area contributed by atoms with Crippen molar-refractivity contribution in [1.29, 1.82) is 0 Å². The number of urea groups is 2. The van der Waals surface area contributed by atoms with Crippen molar-refractivity contribution in [3.63, 3.8) is 0 Å². The predicted octanol–water partition coefficient (Wildman–Crippen LogP) is 4.05. The van der Waals surface area contributed by atoms with Crippen LogP contribution in [0.1, 0.15) is 35.7 Å². The van der Waals surface area contributed by atoms with E-state index in [-0.39, 0.29) is 49.9 Å². The van der Waals surface area contributed by atoms with Gasteiger partial charge in [-0.3, -0.25) is 4.79 Å². The van der Waals surface area contributed by atoms with Gasteiger partial charge in [0.2, 0.25) is 6.79 Å². The molecule has 2 aliphatic rings. The fraction of sp³-hybridized carbons (Fsp3) is 0.400. The van der Waals surface area contributed by atoms with Crippen molar-refractivity contribution in [3.8, 4) is 17.2 Å². The summed E-state index contributed by atoms with van der Waals surface area (Å²) in [7, 11) is 1.65. The molecule has 0 saturated heterocycles. The van der Waals surface area contributed by atoms with Crippen LogP contribution in [0.3, 0.4) is 0 Å². The summed E-state index contributed by atoms with van der Waals surface area (Å²) in [6.45, 7) is 7.48. The van der Waals surface area contributed by atoms with E-state index in [1.54, 1.807) is 63.1 Å². The first-order valence-electron chi connectivity index (χ1n) is 14.2. The number of rotatable bonds is 7. The molecule has 14 nitrogen and oxygen atoms in total. The molecule has 2 aromatic carbocycles. The number of likely N-dealkylation sites (N-methyl/N-ethyl adjacent to an activating group) is 1. The zero-order valence-electron chi connectivity index (χ0n) is 25.2. The van der Waals surface area contributed by atoms with Crippen LogP contribution in [0, 0.1) is 19.8 Å². The molecule has 4 N–H and O–H groups in total. The molecule has 0 radical (unpaired) electrons. The SMILES string of the molecule is Cc1noc(C)c1NC(=O)N(C)C[C@@H]1Oc2ccc(NC(=O)Nc3ccc4c(c3)OCO4)cc2C(=O)N([C@H](C)CO)C[C@@H]1C. The van der Waals surface area contributed by atoms with Crippen LogP contribution in [0.25, 0.3) is 0 Å². The van der Waals surface area contributed by atoms with E-state index in [9.17, 15) is 19.5 Å². The lowest BCUT2D eigenvalue weighted by molar-refractivity contribution is 0.0371. The molecule has 44 heavy (non-hydrogen) atoms. The van der Waals surface area contributed by atoms with E-state index in [0.717, 1.165) is 0 Å². The Kier molecular flexibility index (Phi) is 8.81. The monoisotopic (exact) mass is 608 g/mol. The lowest BCUT2D eigenvalue weighted by Crippen LogP contribution is -2.50. The Balaban J connectivity index is 1.34. The van der Waals surface area contributed by atoms with Crippen molar-refractivity contribution in [2.24, 2.45) is 5.92 Å². The number of nitrogens with one attached hydrogen (secondary N) is 3. The van der Waals surface area contributed by atoms with Crippen LogP contribution in [-0.4, -0.2) is 83.7 Å². The first kappa shape index (κ1) is 30.5. The van der Waals surface area contributed by atoms with Crippen LogP contribution >= 0.6 is 0 Å². The third-order valence-electron chi connectivity index (χ3n) is 7.62. The lowest BCUT2D eigenvalue weighted by Gasteiger charge is -2.38. The number of ether oxygens (including phenoxy) is 3. The van der Waals surface area contributed by atoms with E-state index >= 15 is 0 Å². The van der Waals surface area contributed by atoms with E-state index in [4.69, 9.17) is 18.7 Å². The van der Waals surface area contributed by atoms with Gasteiger partial charge in [0.25, 0.3) is 5.91 Å². The molecule has 1 aromatic heterocycles. The summed E-state index contributed by atoms with van der Waals surface area (Å²) in [6.07, 6.45) is -0.510. The number of hydrogen-bond donors (Lipinski definition) is 4. The van der Waals surface area contributed by atoms with Crippen molar-refractivity contribution in [2.45, 2.75) is 39.8 Å². The highest BCUT2D eigenvalue weighted by molar-refractivity contribution is 6.02. The average Bonchev–Trinajstić information content (AvgIpc) is 3.60. The minimum absolute atomic E-state index is 0.119. The number of aliphatic hydroxyl groups is 1. The Hall–Kier alpha value is -4.98. The van der Waals surface area contributed by atoms with Gasteiger partial charge >= 0.3 is 12.1 Å². The molecule has 3 atom stereocenters. The highest BCUT2D eigenvalue weighted by atomic mass is 16.7. The molecular weight excluding hydrogens is 572 g/mol. The molecule has 0 bridgehead atoms. The van der Waals surface area contributed by atoms with E-state index in [0.29, 0.717) is 45.8 Å². The van der Waals surface area contributed by atoms with Crippen LogP contribution in [-0.2, 0) is 0 Å². The number of carbonyl (C=O) groups excluding carboxylic acids is 3. The smallest absolute Gasteiger partial charge is 0.323 e. The molecule has 3 aromatic rings. The lowest BCUT2D eigenvalue weighted by atomic mass is 9.99. The Bertz CT molecular complexity index is 1540. The number of aromatic nitrogens is 1. The first-order chi connectivity index (χ1) is 21.0. The molecule has 0 saturated carbocycles. The number of aliphatic hydroxyl groups excluding tert-OH is 1. The Morgan fingerprint density at radius 1 is 1.07 bits per heavy atom. The number of nitrogens with zero attached hydrogens (tertiary/aromatic N) is 3. The maximum atomic E-state index is 13.7. The van der Waals surface area contributed by atoms with E-state index in [1.807, 2.05) is 6.92 Å². The quantitative estimate of drug-likeness (QED) is 0.309. The molecule has 0 spiro atoms. The number of amides is 5. The minimum atomic E-state index is -0.527. The molecule has 5 amide bonds. The maximum Gasteiger partial charge on any atom is 0.323 e. The van der Waals surface area contributed by atoms with Crippen LogP contribution < -0.4 is 30.2 Å². The van der Waals surface area contributed by atoms with Gasteiger partial charge in [-0.1, -0.05) is 12.1 Å². The van der Waals surface area contributed by atoms with Gasteiger partial charge in [0.05, 0.1) is 24.8 Å². The van der Waals surface area contributed by atoms with E-state index in [2.05, 4.69) is 21.1 Å². The topological polar surface area (TPSA) is 168 Å². The number of carbonyl (C=O) groups is 3. The van der Waals surface area contributed by atoms with Crippen LogP contribution in [0.15, 0.2) is 40.9 Å². The molecule has 14 heteroatoms. The third kappa shape index (κ3) is 6.49. The van der Waals surface area contributed by atoms with Crippen molar-refractivity contribution >= 4 is 35.0 Å². The molecule has 0 aliphatic carbocycles. The number of fused-ring (bicyclic) bond motifs is 2. The summed E-state index contributed by atoms with van der Waals surface area (Å²) >= 11 is 0. The van der Waals surface area contributed by atoms with Gasteiger partial charge in [0.15, 0.2) is 17.3 Å². The number of anilines is 3. The zero-order chi connectivity index (χ0) is 31.5. The van der Waals surface area contributed by atoms with Gasteiger partial charge in [-0.15, -0.1) is 0 Å². The van der Waals surface area contributed by atoms with Gasteiger partial charge in [-0.25, -0.2) is 9.59 Å². The molecular formula is C30H36N6O8.